The average Bonchev–Trinajstić information content (AvgIpc) is 2.92. The van der Waals surface area contributed by atoms with Crippen LogP contribution in [-0.4, -0.2) is 18.2 Å². The normalized spacial score (nSPS) is 20.1. The summed E-state index contributed by atoms with van der Waals surface area (Å²) in [5.74, 6) is 0.980. The molecule has 0 heterocycles. The van der Waals surface area contributed by atoms with Crippen LogP contribution in [0.2, 0.25) is 0 Å². The van der Waals surface area contributed by atoms with Gasteiger partial charge in [0.05, 0.1) is 0 Å². The highest BCUT2D eigenvalue weighted by molar-refractivity contribution is 9.10. The fourth-order valence-corrected chi connectivity index (χ4v) is 2.60. The van der Waals surface area contributed by atoms with E-state index in [-0.39, 0.29) is 12.5 Å². The van der Waals surface area contributed by atoms with Gasteiger partial charge in [0.2, 0.25) is 0 Å². The minimum absolute atomic E-state index is 0.0186. The smallest absolute Gasteiger partial charge is 0.277 e. The molecule has 1 amide bonds. The SMILES string of the molecule is CCC1CCC/C1=N\NC(=O)COc1ccc(Br)cc1. The number of hydrazone groups is 1. The second-order valence-corrected chi connectivity index (χ2v) is 5.79. The number of rotatable bonds is 5. The number of nitrogens with zero attached hydrogens (tertiary/aromatic N) is 1. The summed E-state index contributed by atoms with van der Waals surface area (Å²) >= 11 is 3.35. The number of hydrogen-bond acceptors (Lipinski definition) is 3. The molecule has 0 aromatic heterocycles. The number of carbonyl (C=O) groups excluding carboxylic acids is 1. The van der Waals surface area contributed by atoms with Gasteiger partial charge in [-0.2, -0.15) is 5.10 Å². The maximum atomic E-state index is 11.7. The van der Waals surface area contributed by atoms with Crippen molar-refractivity contribution < 1.29 is 9.53 Å². The Morgan fingerprint density at radius 2 is 2.20 bits per heavy atom. The number of ether oxygens (including phenoxy) is 1. The number of nitrogens with one attached hydrogen (secondary N) is 1. The molecule has 0 bridgehead atoms. The van der Waals surface area contributed by atoms with E-state index < -0.39 is 0 Å². The Bertz CT molecular complexity index is 485. The maximum Gasteiger partial charge on any atom is 0.277 e. The van der Waals surface area contributed by atoms with Gasteiger partial charge in [-0.3, -0.25) is 4.79 Å². The Morgan fingerprint density at radius 3 is 2.90 bits per heavy atom. The summed E-state index contributed by atoms with van der Waals surface area (Å²) in [6, 6.07) is 7.37. The van der Waals surface area contributed by atoms with Gasteiger partial charge in [-0.05, 0) is 55.9 Å². The third kappa shape index (κ3) is 4.34. The summed E-state index contributed by atoms with van der Waals surface area (Å²) in [5, 5.41) is 4.23. The molecule has 1 fully saturated rings. The quantitative estimate of drug-likeness (QED) is 0.835. The molecule has 20 heavy (non-hydrogen) atoms. The van der Waals surface area contributed by atoms with Crippen molar-refractivity contribution in [2.45, 2.75) is 32.6 Å². The topological polar surface area (TPSA) is 50.7 Å². The lowest BCUT2D eigenvalue weighted by atomic mass is 10.0. The van der Waals surface area contributed by atoms with E-state index in [1.165, 1.54) is 12.8 Å². The van der Waals surface area contributed by atoms with E-state index in [1.807, 2.05) is 24.3 Å². The molecule has 1 N–H and O–H groups in total. The summed E-state index contributed by atoms with van der Waals surface area (Å²) in [6.07, 6.45) is 4.43. The maximum absolute atomic E-state index is 11.7. The second kappa shape index (κ2) is 7.43. The molecular weight excluding hydrogens is 320 g/mol. The van der Waals surface area contributed by atoms with Gasteiger partial charge in [0.25, 0.3) is 5.91 Å². The van der Waals surface area contributed by atoms with Gasteiger partial charge in [-0.15, -0.1) is 0 Å². The van der Waals surface area contributed by atoms with Crippen LogP contribution < -0.4 is 10.2 Å². The molecule has 1 unspecified atom stereocenters. The fourth-order valence-electron chi connectivity index (χ4n) is 2.33. The summed E-state index contributed by atoms with van der Waals surface area (Å²) in [4.78, 5) is 11.7. The molecule has 0 radical (unpaired) electrons. The standard InChI is InChI=1S/C15H19BrN2O2/c1-2-11-4-3-5-14(11)17-18-15(19)10-20-13-8-6-12(16)7-9-13/h6-9,11H,2-5,10H2,1H3,(H,18,19)/b17-14+. The molecule has 1 atom stereocenters. The monoisotopic (exact) mass is 338 g/mol. The van der Waals surface area contributed by atoms with Crippen molar-refractivity contribution in [2.24, 2.45) is 11.0 Å². The van der Waals surface area contributed by atoms with Crippen molar-refractivity contribution in [3.05, 3.63) is 28.7 Å². The first kappa shape index (κ1) is 15.0. The third-order valence-electron chi connectivity index (χ3n) is 3.46. The molecule has 0 aliphatic heterocycles. The predicted molar refractivity (Wildman–Crippen MR) is 82.8 cm³/mol. The van der Waals surface area contributed by atoms with E-state index >= 15 is 0 Å². The molecule has 1 aliphatic rings. The molecule has 0 saturated heterocycles. The van der Waals surface area contributed by atoms with Crippen LogP contribution in [0.15, 0.2) is 33.8 Å². The van der Waals surface area contributed by atoms with Crippen molar-refractivity contribution in [3.63, 3.8) is 0 Å². The zero-order valence-electron chi connectivity index (χ0n) is 11.6. The average molecular weight is 339 g/mol. The first-order chi connectivity index (χ1) is 9.69. The number of halogens is 1. The largest absolute Gasteiger partial charge is 0.484 e. The van der Waals surface area contributed by atoms with Crippen LogP contribution in [0.25, 0.3) is 0 Å². The number of amides is 1. The van der Waals surface area contributed by atoms with Gasteiger partial charge in [0.1, 0.15) is 5.75 Å². The zero-order chi connectivity index (χ0) is 14.4. The zero-order valence-corrected chi connectivity index (χ0v) is 13.1. The molecule has 108 valence electrons. The molecule has 1 aliphatic carbocycles. The summed E-state index contributed by atoms with van der Waals surface area (Å²) < 4.78 is 6.37. The number of carbonyl (C=O) groups is 1. The summed E-state index contributed by atoms with van der Waals surface area (Å²) in [7, 11) is 0. The van der Waals surface area contributed by atoms with Crippen LogP contribution in [0.3, 0.4) is 0 Å². The summed E-state index contributed by atoms with van der Waals surface area (Å²) in [6.45, 7) is 2.14. The highest BCUT2D eigenvalue weighted by atomic mass is 79.9. The molecule has 5 heteroatoms. The van der Waals surface area contributed by atoms with Crippen molar-refractivity contribution in [2.75, 3.05) is 6.61 Å². The molecule has 1 aromatic rings. The number of benzene rings is 1. The van der Waals surface area contributed by atoms with Crippen molar-refractivity contribution >= 4 is 27.5 Å². The van der Waals surface area contributed by atoms with Crippen LogP contribution >= 0.6 is 15.9 Å². The van der Waals surface area contributed by atoms with Gasteiger partial charge >= 0.3 is 0 Å². The van der Waals surface area contributed by atoms with Gasteiger partial charge in [0.15, 0.2) is 6.61 Å². The van der Waals surface area contributed by atoms with E-state index in [0.717, 1.165) is 23.0 Å². The molecule has 0 spiro atoms. The van der Waals surface area contributed by atoms with Crippen LogP contribution in [0.1, 0.15) is 32.6 Å². The molecular formula is C15H19BrN2O2. The fraction of sp³-hybridized carbons (Fsp3) is 0.467. The first-order valence-electron chi connectivity index (χ1n) is 6.92. The molecule has 4 nitrogen and oxygen atoms in total. The van der Waals surface area contributed by atoms with Crippen molar-refractivity contribution in [1.29, 1.82) is 0 Å². The Labute approximate surface area is 127 Å². The highest BCUT2D eigenvalue weighted by Gasteiger charge is 2.20. The lowest BCUT2D eigenvalue weighted by molar-refractivity contribution is -0.123. The van der Waals surface area contributed by atoms with E-state index in [9.17, 15) is 4.79 Å². The summed E-state index contributed by atoms with van der Waals surface area (Å²) in [5.41, 5.74) is 3.70. The van der Waals surface area contributed by atoms with Gasteiger partial charge < -0.3 is 4.74 Å². The first-order valence-corrected chi connectivity index (χ1v) is 7.72. The lowest BCUT2D eigenvalue weighted by Crippen LogP contribution is -2.26. The number of hydrogen-bond donors (Lipinski definition) is 1. The van der Waals surface area contributed by atoms with E-state index in [1.54, 1.807) is 0 Å². The molecule has 1 saturated carbocycles. The van der Waals surface area contributed by atoms with E-state index in [4.69, 9.17) is 4.74 Å². The van der Waals surface area contributed by atoms with Crippen LogP contribution in [0.5, 0.6) is 5.75 Å². The highest BCUT2D eigenvalue weighted by Crippen LogP contribution is 2.24. The second-order valence-electron chi connectivity index (χ2n) is 4.88. The van der Waals surface area contributed by atoms with Crippen LogP contribution in [0.4, 0.5) is 0 Å². The van der Waals surface area contributed by atoms with Crippen LogP contribution in [0, 0.1) is 5.92 Å². The Kier molecular flexibility index (Phi) is 5.59. The molecule has 1 aromatic carbocycles. The predicted octanol–water partition coefficient (Wildman–Crippen LogP) is 3.51. The molecule has 2 rings (SSSR count). The Balaban J connectivity index is 1.78. The minimum atomic E-state index is -0.220. The lowest BCUT2D eigenvalue weighted by Gasteiger charge is -2.08. The van der Waals surface area contributed by atoms with E-state index in [2.05, 4.69) is 33.4 Å². The van der Waals surface area contributed by atoms with Gasteiger partial charge in [0, 0.05) is 10.2 Å². The Hall–Kier alpha value is -1.36. The minimum Gasteiger partial charge on any atom is -0.484 e. The van der Waals surface area contributed by atoms with Gasteiger partial charge in [-0.1, -0.05) is 22.9 Å². The van der Waals surface area contributed by atoms with Crippen molar-refractivity contribution in [3.8, 4) is 5.75 Å². The van der Waals surface area contributed by atoms with Gasteiger partial charge in [-0.25, -0.2) is 5.43 Å². The third-order valence-corrected chi connectivity index (χ3v) is 3.99. The van der Waals surface area contributed by atoms with E-state index in [0.29, 0.717) is 11.7 Å². The van der Waals surface area contributed by atoms with Crippen LogP contribution in [-0.2, 0) is 4.79 Å². The Morgan fingerprint density at radius 1 is 1.45 bits per heavy atom. The van der Waals surface area contributed by atoms with Crippen molar-refractivity contribution in [1.82, 2.24) is 5.43 Å².